The van der Waals surface area contributed by atoms with Crippen LogP contribution in [0, 0.1) is 0 Å². The van der Waals surface area contributed by atoms with Gasteiger partial charge in [0.15, 0.2) is 5.13 Å². The number of aromatic nitrogens is 1. The Balaban J connectivity index is 1.61. The SMILES string of the molecule is CNC(=O)C[C@H]1CC[C@@H](CNC(=O)c2cccc3nc(N)sc23)N1C. The number of nitrogens with one attached hydrogen (secondary N) is 2. The molecule has 25 heavy (non-hydrogen) atoms. The fraction of sp³-hybridized carbons (Fsp3) is 0.471. The van der Waals surface area contributed by atoms with Gasteiger partial charge in [0.25, 0.3) is 5.91 Å². The molecule has 0 saturated carbocycles. The highest BCUT2D eigenvalue weighted by Crippen LogP contribution is 2.27. The first-order valence-corrected chi connectivity index (χ1v) is 9.17. The Bertz CT molecular complexity index is 790. The first-order valence-electron chi connectivity index (χ1n) is 8.35. The van der Waals surface area contributed by atoms with E-state index in [2.05, 4.69) is 20.5 Å². The summed E-state index contributed by atoms with van der Waals surface area (Å²) in [6.45, 7) is 0.560. The lowest BCUT2D eigenvalue weighted by atomic mass is 10.1. The number of likely N-dealkylation sites (N-methyl/N-ethyl adjacent to an activating group) is 1. The number of benzene rings is 1. The van der Waals surface area contributed by atoms with E-state index in [1.165, 1.54) is 11.3 Å². The highest BCUT2D eigenvalue weighted by atomic mass is 32.1. The Hall–Kier alpha value is -2.19. The summed E-state index contributed by atoms with van der Waals surface area (Å²) in [7, 11) is 3.67. The standard InChI is InChI=1S/C17H23N5O2S/c1-19-14(23)8-10-6-7-11(22(10)2)9-20-16(24)12-4-3-5-13-15(12)25-17(18)21-13/h3-5,10-11H,6-9H2,1-2H3,(H2,18,21)(H,19,23)(H,20,24)/t10-,11+/m1/s1. The van der Waals surface area contributed by atoms with Gasteiger partial charge in [0.1, 0.15) is 0 Å². The number of nitrogens with two attached hydrogens (primary N) is 1. The molecule has 2 aromatic rings. The van der Waals surface area contributed by atoms with Crippen molar-refractivity contribution >= 4 is 38.5 Å². The van der Waals surface area contributed by atoms with Crippen molar-refractivity contribution in [2.45, 2.75) is 31.3 Å². The summed E-state index contributed by atoms with van der Waals surface area (Å²) in [5.74, 6) is -0.0617. The number of amides is 2. The Morgan fingerprint density at radius 3 is 2.88 bits per heavy atom. The first kappa shape index (κ1) is 17.6. The van der Waals surface area contributed by atoms with Crippen LogP contribution in [0.3, 0.4) is 0 Å². The zero-order valence-corrected chi connectivity index (χ0v) is 15.2. The summed E-state index contributed by atoms with van der Waals surface area (Å²) >= 11 is 1.33. The number of nitrogen functional groups attached to an aromatic ring is 1. The molecule has 2 atom stereocenters. The summed E-state index contributed by atoms with van der Waals surface area (Å²) < 4.78 is 0.815. The van der Waals surface area contributed by atoms with Crippen LogP contribution in [0.5, 0.6) is 0 Å². The van der Waals surface area contributed by atoms with E-state index in [0.717, 1.165) is 23.1 Å². The fourth-order valence-corrected chi connectivity index (χ4v) is 4.19. The molecule has 1 aliphatic rings. The highest BCUT2D eigenvalue weighted by Gasteiger charge is 2.31. The van der Waals surface area contributed by atoms with Crippen molar-refractivity contribution in [2.75, 3.05) is 26.4 Å². The molecule has 3 rings (SSSR count). The molecule has 7 nitrogen and oxygen atoms in total. The van der Waals surface area contributed by atoms with Crippen molar-refractivity contribution in [1.29, 1.82) is 0 Å². The van der Waals surface area contributed by atoms with Gasteiger partial charge in [0, 0.05) is 32.1 Å². The number of likely N-dealkylation sites (tertiary alicyclic amines) is 1. The van der Waals surface area contributed by atoms with Gasteiger partial charge in [0.2, 0.25) is 5.91 Å². The summed E-state index contributed by atoms with van der Waals surface area (Å²) in [5.41, 5.74) is 7.11. The van der Waals surface area contributed by atoms with Gasteiger partial charge in [-0.1, -0.05) is 17.4 Å². The van der Waals surface area contributed by atoms with Crippen LogP contribution in [-0.4, -0.2) is 54.4 Å². The van der Waals surface area contributed by atoms with Gasteiger partial charge < -0.3 is 16.4 Å². The molecule has 2 amide bonds. The molecule has 0 radical (unpaired) electrons. The monoisotopic (exact) mass is 361 g/mol. The number of carbonyl (C=O) groups is 2. The number of anilines is 1. The van der Waals surface area contributed by atoms with Crippen LogP contribution in [0.2, 0.25) is 0 Å². The highest BCUT2D eigenvalue weighted by molar-refractivity contribution is 7.22. The average Bonchev–Trinajstić information content (AvgIpc) is 3.14. The van der Waals surface area contributed by atoms with Crippen LogP contribution in [0.4, 0.5) is 5.13 Å². The first-order chi connectivity index (χ1) is 12.0. The normalized spacial score (nSPS) is 20.7. The predicted molar refractivity (Wildman–Crippen MR) is 99.6 cm³/mol. The molecule has 1 saturated heterocycles. The summed E-state index contributed by atoms with van der Waals surface area (Å²) in [4.78, 5) is 30.6. The average molecular weight is 361 g/mol. The molecular weight excluding hydrogens is 338 g/mol. The van der Waals surface area contributed by atoms with Gasteiger partial charge in [-0.25, -0.2) is 4.98 Å². The molecule has 1 aromatic carbocycles. The number of fused-ring (bicyclic) bond motifs is 1. The fourth-order valence-electron chi connectivity index (χ4n) is 3.35. The van der Waals surface area contributed by atoms with E-state index in [1.807, 2.05) is 19.2 Å². The smallest absolute Gasteiger partial charge is 0.252 e. The maximum atomic E-state index is 12.6. The molecule has 4 N–H and O–H groups in total. The van der Waals surface area contributed by atoms with E-state index in [-0.39, 0.29) is 23.9 Å². The van der Waals surface area contributed by atoms with Crippen LogP contribution in [0.25, 0.3) is 10.2 Å². The number of carbonyl (C=O) groups excluding carboxylic acids is 2. The number of nitrogens with zero attached hydrogens (tertiary/aromatic N) is 2. The van der Waals surface area contributed by atoms with Crippen molar-refractivity contribution < 1.29 is 9.59 Å². The second-order valence-corrected chi connectivity index (χ2v) is 7.37. The Morgan fingerprint density at radius 2 is 2.12 bits per heavy atom. The molecule has 1 aliphatic heterocycles. The van der Waals surface area contributed by atoms with Crippen LogP contribution >= 0.6 is 11.3 Å². The Morgan fingerprint density at radius 1 is 1.36 bits per heavy atom. The number of hydrogen-bond donors (Lipinski definition) is 3. The summed E-state index contributed by atoms with van der Waals surface area (Å²) in [6, 6.07) is 5.93. The lowest BCUT2D eigenvalue weighted by molar-refractivity contribution is -0.121. The summed E-state index contributed by atoms with van der Waals surface area (Å²) in [6.07, 6.45) is 2.43. The Labute approximate surface area is 150 Å². The molecule has 1 aromatic heterocycles. The van der Waals surface area contributed by atoms with Crippen molar-refractivity contribution in [3.05, 3.63) is 23.8 Å². The van der Waals surface area contributed by atoms with Crippen molar-refractivity contribution in [3.8, 4) is 0 Å². The minimum Gasteiger partial charge on any atom is -0.375 e. The second kappa shape index (κ2) is 7.37. The largest absolute Gasteiger partial charge is 0.375 e. The minimum absolute atomic E-state index is 0.0518. The number of thiazole rings is 1. The quantitative estimate of drug-likeness (QED) is 0.743. The summed E-state index contributed by atoms with van der Waals surface area (Å²) in [5, 5.41) is 6.15. The lowest BCUT2D eigenvalue weighted by Crippen LogP contribution is -2.42. The van der Waals surface area contributed by atoms with Gasteiger partial charge in [-0.15, -0.1) is 0 Å². The van der Waals surface area contributed by atoms with E-state index in [4.69, 9.17) is 5.73 Å². The predicted octanol–water partition coefficient (Wildman–Crippen LogP) is 1.21. The van der Waals surface area contributed by atoms with Crippen LogP contribution in [-0.2, 0) is 4.79 Å². The van der Waals surface area contributed by atoms with Crippen molar-refractivity contribution in [3.63, 3.8) is 0 Å². The molecule has 0 bridgehead atoms. The second-order valence-electron chi connectivity index (χ2n) is 6.34. The van der Waals surface area contributed by atoms with Crippen molar-refractivity contribution in [2.24, 2.45) is 0 Å². The van der Waals surface area contributed by atoms with Gasteiger partial charge in [-0.3, -0.25) is 14.5 Å². The van der Waals surface area contributed by atoms with Gasteiger partial charge in [0.05, 0.1) is 15.8 Å². The van der Waals surface area contributed by atoms with Gasteiger partial charge in [-0.2, -0.15) is 0 Å². The topological polar surface area (TPSA) is 100 Å². The van der Waals surface area contributed by atoms with E-state index in [9.17, 15) is 9.59 Å². The van der Waals surface area contributed by atoms with Crippen LogP contribution in [0.15, 0.2) is 18.2 Å². The maximum Gasteiger partial charge on any atom is 0.252 e. The molecule has 1 fully saturated rings. The van der Waals surface area contributed by atoms with E-state index in [1.54, 1.807) is 13.1 Å². The lowest BCUT2D eigenvalue weighted by Gasteiger charge is -2.25. The third kappa shape index (κ3) is 3.74. The van der Waals surface area contributed by atoms with E-state index < -0.39 is 0 Å². The molecule has 2 heterocycles. The van der Waals surface area contributed by atoms with Gasteiger partial charge >= 0.3 is 0 Å². The molecule has 8 heteroatoms. The third-order valence-corrected chi connectivity index (χ3v) is 5.79. The number of hydrogen-bond acceptors (Lipinski definition) is 6. The van der Waals surface area contributed by atoms with Crippen LogP contribution < -0.4 is 16.4 Å². The van der Waals surface area contributed by atoms with Crippen molar-refractivity contribution in [1.82, 2.24) is 20.5 Å². The zero-order chi connectivity index (χ0) is 18.0. The molecular formula is C17H23N5O2S. The minimum atomic E-state index is -0.114. The molecule has 0 unspecified atom stereocenters. The molecule has 134 valence electrons. The maximum absolute atomic E-state index is 12.6. The Kier molecular flexibility index (Phi) is 5.19. The zero-order valence-electron chi connectivity index (χ0n) is 14.4. The molecule has 0 aliphatic carbocycles. The van der Waals surface area contributed by atoms with Gasteiger partial charge in [-0.05, 0) is 32.0 Å². The number of rotatable bonds is 5. The van der Waals surface area contributed by atoms with E-state index >= 15 is 0 Å². The molecule has 0 spiro atoms. The third-order valence-electron chi connectivity index (χ3n) is 4.86. The van der Waals surface area contributed by atoms with Crippen LogP contribution in [0.1, 0.15) is 29.6 Å². The van der Waals surface area contributed by atoms with E-state index in [0.29, 0.717) is 23.7 Å².